The van der Waals surface area contributed by atoms with Crippen LogP contribution in [-0.2, 0) is 0 Å². The summed E-state index contributed by atoms with van der Waals surface area (Å²) in [5.41, 5.74) is 0.321. The van der Waals surface area contributed by atoms with Crippen molar-refractivity contribution >= 4 is 27.5 Å². The van der Waals surface area contributed by atoms with E-state index in [9.17, 15) is 9.18 Å². The zero-order valence-corrected chi connectivity index (χ0v) is 14.5. The Morgan fingerprint density at radius 2 is 1.92 bits per heavy atom. The largest absolute Gasteiger partial charge is 0.496 e. The minimum Gasteiger partial charge on any atom is -0.496 e. The molecule has 7 heteroatoms. The number of hydrogen-bond acceptors (Lipinski definition) is 4. The van der Waals surface area contributed by atoms with Gasteiger partial charge in [0.25, 0.3) is 5.91 Å². The van der Waals surface area contributed by atoms with Crippen molar-refractivity contribution in [2.75, 3.05) is 25.6 Å². The fraction of sp³-hybridized carbons (Fsp3) is 0.235. The maximum Gasteiger partial charge on any atom is 0.259 e. The average molecular weight is 396 g/mol. The monoisotopic (exact) mass is 395 g/mol. The number of benzene rings is 2. The third-order valence-electron chi connectivity index (χ3n) is 3.49. The summed E-state index contributed by atoms with van der Waals surface area (Å²) in [6, 6.07) is 7.55. The number of methoxy groups -OCH3 is 1. The second kappa shape index (κ2) is 7.09. The molecule has 0 bridgehead atoms. The van der Waals surface area contributed by atoms with Crippen molar-refractivity contribution in [3.05, 3.63) is 46.2 Å². The summed E-state index contributed by atoms with van der Waals surface area (Å²) >= 11 is 3.18. The quantitative estimate of drug-likeness (QED) is 0.852. The topological polar surface area (TPSA) is 56.8 Å². The molecule has 0 saturated carbocycles. The van der Waals surface area contributed by atoms with Gasteiger partial charge in [-0.3, -0.25) is 4.79 Å². The van der Waals surface area contributed by atoms with Gasteiger partial charge in [0.2, 0.25) is 0 Å². The van der Waals surface area contributed by atoms with Crippen LogP contribution in [0.25, 0.3) is 0 Å². The smallest absolute Gasteiger partial charge is 0.259 e. The minimum atomic E-state index is -0.536. The first-order chi connectivity index (χ1) is 11.6. The Kier molecular flexibility index (Phi) is 4.89. The predicted molar refractivity (Wildman–Crippen MR) is 90.7 cm³/mol. The van der Waals surface area contributed by atoms with E-state index in [2.05, 4.69) is 21.2 Å². The van der Waals surface area contributed by atoms with Gasteiger partial charge in [-0.2, -0.15) is 0 Å². The number of nitrogens with one attached hydrogen (secondary N) is 1. The molecule has 24 heavy (non-hydrogen) atoms. The number of anilines is 1. The number of carbonyl (C=O) groups excluding carboxylic acids is 1. The molecule has 0 aromatic heterocycles. The van der Waals surface area contributed by atoms with Gasteiger partial charge in [-0.25, -0.2) is 4.39 Å². The predicted octanol–water partition coefficient (Wildman–Crippen LogP) is 4.01. The molecule has 126 valence electrons. The van der Waals surface area contributed by atoms with Gasteiger partial charge in [0.1, 0.15) is 11.6 Å². The number of carbonyl (C=O) groups is 1. The van der Waals surface area contributed by atoms with E-state index in [0.717, 1.165) is 6.42 Å². The van der Waals surface area contributed by atoms with Gasteiger partial charge in [0.05, 0.1) is 31.6 Å². The van der Waals surface area contributed by atoms with E-state index in [1.807, 2.05) is 0 Å². The lowest BCUT2D eigenvalue weighted by Crippen LogP contribution is -2.14. The van der Waals surface area contributed by atoms with Crippen LogP contribution in [0.1, 0.15) is 16.8 Å². The van der Waals surface area contributed by atoms with Gasteiger partial charge in [-0.05, 0) is 18.2 Å². The van der Waals surface area contributed by atoms with Crippen LogP contribution in [0, 0.1) is 5.82 Å². The molecule has 1 aliphatic heterocycles. The molecular weight excluding hydrogens is 381 g/mol. The van der Waals surface area contributed by atoms with Crippen molar-refractivity contribution in [3.63, 3.8) is 0 Å². The summed E-state index contributed by atoms with van der Waals surface area (Å²) in [5.74, 6) is 0.287. The highest BCUT2D eigenvalue weighted by Crippen LogP contribution is 2.36. The Bertz CT molecular complexity index is 781. The highest BCUT2D eigenvalue weighted by atomic mass is 79.9. The van der Waals surface area contributed by atoms with Gasteiger partial charge in [-0.15, -0.1) is 0 Å². The first-order valence-corrected chi connectivity index (χ1v) is 8.12. The highest BCUT2D eigenvalue weighted by Gasteiger charge is 2.20. The van der Waals surface area contributed by atoms with Crippen LogP contribution in [0.2, 0.25) is 0 Å². The van der Waals surface area contributed by atoms with Crippen molar-refractivity contribution in [1.29, 1.82) is 0 Å². The van der Waals surface area contributed by atoms with Crippen molar-refractivity contribution in [1.82, 2.24) is 0 Å². The Balaban J connectivity index is 1.92. The van der Waals surface area contributed by atoms with Crippen molar-refractivity contribution in [2.24, 2.45) is 0 Å². The van der Waals surface area contributed by atoms with Crippen molar-refractivity contribution in [2.45, 2.75) is 6.42 Å². The Labute approximate surface area is 146 Å². The molecule has 0 radical (unpaired) electrons. The molecule has 2 aromatic carbocycles. The highest BCUT2D eigenvalue weighted by molar-refractivity contribution is 9.10. The summed E-state index contributed by atoms with van der Waals surface area (Å²) in [7, 11) is 1.45. The molecule has 1 N–H and O–H groups in total. The van der Waals surface area contributed by atoms with E-state index in [1.54, 1.807) is 18.2 Å². The summed E-state index contributed by atoms with van der Waals surface area (Å²) in [4.78, 5) is 12.5. The first-order valence-electron chi connectivity index (χ1n) is 7.32. The van der Waals surface area contributed by atoms with Crippen LogP contribution in [0.5, 0.6) is 17.2 Å². The third kappa shape index (κ3) is 3.46. The number of ether oxygens (including phenoxy) is 3. The SMILES string of the molecule is COc1cc2c(cc1C(=O)Nc1ccc(Br)cc1F)OCCCO2. The van der Waals surface area contributed by atoms with E-state index in [-0.39, 0.29) is 11.3 Å². The normalized spacial score (nSPS) is 13.1. The minimum absolute atomic E-state index is 0.0809. The number of halogens is 2. The molecule has 0 saturated heterocycles. The Hall–Kier alpha value is -2.28. The Morgan fingerprint density at radius 1 is 1.21 bits per heavy atom. The molecule has 3 rings (SSSR count). The summed E-state index contributed by atoms with van der Waals surface area (Å²) < 4.78 is 30.9. The van der Waals surface area contributed by atoms with Gasteiger partial charge in [-0.1, -0.05) is 15.9 Å². The maximum absolute atomic E-state index is 13.9. The van der Waals surface area contributed by atoms with Crippen LogP contribution >= 0.6 is 15.9 Å². The van der Waals surface area contributed by atoms with Crippen LogP contribution in [0.4, 0.5) is 10.1 Å². The second-order valence-corrected chi connectivity index (χ2v) is 6.04. The molecule has 0 spiro atoms. The maximum atomic E-state index is 13.9. The lowest BCUT2D eigenvalue weighted by molar-refractivity contribution is 0.102. The van der Waals surface area contributed by atoms with Gasteiger partial charge in [0, 0.05) is 23.0 Å². The molecule has 1 amide bonds. The van der Waals surface area contributed by atoms with Gasteiger partial charge < -0.3 is 19.5 Å². The molecule has 0 fully saturated rings. The zero-order valence-electron chi connectivity index (χ0n) is 12.9. The summed E-state index contributed by atoms with van der Waals surface area (Å²) in [5, 5.41) is 2.54. The number of amides is 1. The van der Waals surface area contributed by atoms with Crippen LogP contribution in [0.3, 0.4) is 0 Å². The third-order valence-corrected chi connectivity index (χ3v) is 3.99. The number of rotatable bonds is 3. The first kappa shape index (κ1) is 16.6. The molecular formula is C17H15BrFNO4. The lowest BCUT2D eigenvalue weighted by Gasteiger charge is -2.14. The van der Waals surface area contributed by atoms with E-state index in [1.165, 1.54) is 19.2 Å². The van der Waals surface area contributed by atoms with Crippen molar-refractivity contribution < 1.29 is 23.4 Å². The molecule has 1 aliphatic rings. The molecule has 2 aromatic rings. The van der Waals surface area contributed by atoms with E-state index < -0.39 is 11.7 Å². The fourth-order valence-corrected chi connectivity index (χ4v) is 2.65. The van der Waals surface area contributed by atoms with Crippen LogP contribution in [0.15, 0.2) is 34.8 Å². The number of hydrogen-bond donors (Lipinski definition) is 1. The van der Waals surface area contributed by atoms with E-state index >= 15 is 0 Å². The number of fused-ring (bicyclic) bond motifs is 1. The lowest BCUT2D eigenvalue weighted by atomic mass is 10.1. The average Bonchev–Trinajstić information content (AvgIpc) is 2.80. The molecule has 1 heterocycles. The van der Waals surface area contributed by atoms with Gasteiger partial charge >= 0.3 is 0 Å². The standard InChI is InChI=1S/C17H15BrFNO4/c1-22-14-9-16-15(23-5-2-6-24-16)8-11(14)17(21)20-13-4-3-10(18)7-12(13)19/h3-4,7-9H,2,5-6H2,1H3,(H,20,21). The van der Waals surface area contributed by atoms with Crippen LogP contribution in [-0.4, -0.2) is 26.2 Å². The van der Waals surface area contributed by atoms with Crippen LogP contribution < -0.4 is 19.5 Å². The molecule has 0 atom stereocenters. The summed E-state index contributed by atoms with van der Waals surface area (Å²) in [6.45, 7) is 1.04. The molecule has 0 unspecified atom stereocenters. The second-order valence-electron chi connectivity index (χ2n) is 5.13. The van der Waals surface area contributed by atoms with E-state index in [0.29, 0.717) is 34.9 Å². The van der Waals surface area contributed by atoms with Crippen molar-refractivity contribution in [3.8, 4) is 17.2 Å². The Morgan fingerprint density at radius 3 is 2.58 bits per heavy atom. The van der Waals surface area contributed by atoms with E-state index in [4.69, 9.17) is 14.2 Å². The summed E-state index contributed by atoms with van der Waals surface area (Å²) in [6.07, 6.45) is 0.753. The molecule has 0 aliphatic carbocycles. The zero-order chi connectivity index (χ0) is 17.1. The fourth-order valence-electron chi connectivity index (χ4n) is 2.32. The molecule has 5 nitrogen and oxygen atoms in total. The van der Waals surface area contributed by atoms with Gasteiger partial charge in [0.15, 0.2) is 11.5 Å².